The Morgan fingerprint density at radius 2 is 1.86 bits per heavy atom. The molecule has 1 aliphatic heterocycles. The topological polar surface area (TPSA) is 85.4 Å². The quantitative estimate of drug-likeness (QED) is 0.709. The van der Waals surface area contributed by atoms with Crippen LogP contribution in [0, 0.1) is 13.8 Å². The highest BCUT2D eigenvalue weighted by atomic mass is 16.7. The molecular weight excluding hydrogens is 356 g/mol. The normalized spacial score (nSPS) is 11.9. The maximum Gasteiger partial charge on any atom is 0.270 e. The third kappa shape index (κ3) is 3.88. The minimum atomic E-state index is -0.275. The Hall–Kier alpha value is -3.61. The number of fused-ring (bicyclic) bond motifs is 1. The van der Waals surface area contributed by atoms with Crippen molar-refractivity contribution in [1.29, 1.82) is 0 Å². The van der Waals surface area contributed by atoms with Crippen LogP contribution in [0.15, 0.2) is 48.8 Å². The summed E-state index contributed by atoms with van der Waals surface area (Å²) in [6.45, 7) is 4.70. The van der Waals surface area contributed by atoms with Crippen LogP contribution >= 0.6 is 0 Å². The summed E-state index contributed by atoms with van der Waals surface area (Å²) >= 11 is 0. The monoisotopic (exact) mass is 376 g/mol. The summed E-state index contributed by atoms with van der Waals surface area (Å²) in [4.78, 5) is 20.7. The molecule has 2 heterocycles. The van der Waals surface area contributed by atoms with Crippen molar-refractivity contribution in [3.8, 4) is 11.5 Å². The predicted molar refractivity (Wildman–Crippen MR) is 105 cm³/mol. The van der Waals surface area contributed by atoms with Crippen LogP contribution in [-0.2, 0) is 6.54 Å². The van der Waals surface area contributed by atoms with Crippen molar-refractivity contribution in [3.05, 3.63) is 71.2 Å². The molecule has 0 spiro atoms. The van der Waals surface area contributed by atoms with E-state index in [0.717, 1.165) is 11.3 Å². The molecular formula is C21H20N4O3. The molecule has 0 bridgehead atoms. The van der Waals surface area contributed by atoms with Crippen LogP contribution < -0.4 is 20.1 Å². The van der Waals surface area contributed by atoms with Crippen LogP contribution in [0.25, 0.3) is 0 Å². The second-order valence-electron chi connectivity index (χ2n) is 6.58. The van der Waals surface area contributed by atoms with Gasteiger partial charge in [-0.15, -0.1) is 0 Å². The van der Waals surface area contributed by atoms with Crippen molar-refractivity contribution >= 4 is 17.4 Å². The van der Waals surface area contributed by atoms with Crippen molar-refractivity contribution in [1.82, 2.24) is 15.3 Å². The minimum absolute atomic E-state index is 0.225. The molecule has 0 saturated carbocycles. The summed E-state index contributed by atoms with van der Waals surface area (Å²) in [5.41, 5.74) is 4.52. The number of aromatic nitrogens is 2. The maximum absolute atomic E-state index is 12.5. The summed E-state index contributed by atoms with van der Waals surface area (Å²) in [5.74, 6) is 1.69. The van der Waals surface area contributed by atoms with E-state index in [2.05, 4.69) is 34.4 Å². The Morgan fingerprint density at radius 3 is 2.71 bits per heavy atom. The summed E-state index contributed by atoms with van der Waals surface area (Å²) in [5, 5.41) is 6.07. The number of rotatable bonds is 5. The zero-order valence-corrected chi connectivity index (χ0v) is 15.7. The van der Waals surface area contributed by atoms with Gasteiger partial charge in [-0.05, 0) is 54.8 Å². The first kappa shape index (κ1) is 17.8. The largest absolute Gasteiger partial charge is 0.454 e. The van der Waals surface area contributed by atoms with Crippen LogP contribution in [0.4, 0.5) is 11.5 Å². The average Bonchev–Trinajstić information content (AvgIpc) is 3.17. The lowest BCUT2D eigenvalue weighted by Crippen LogP contribution is -2.24. The molecule has 28 heavy (non-hydrogen) atoms. The first-order valence-corrected chi connectivity index (χ1v) is 8.91. The number of aryl methyl sites for hydroxylation is 2. The molecule has 0 fully saturated rings. The first-order chi connectivity index (χ1) is 13.6. The highest BCUT2D eigenvalue weighted by Crippen LogP contribution is 2.32. The van der Waals surface area contributed by atoms with Gasteiger partial charge in [0.2, 0.25) is 6.79 Å². The number of carbonyl (C=O) groups is 1. The van der Waals surface area contributed by atoms with Gasteiger partial charge in [0.25, 0.3) is 5.91 Å². The molecule has 0 saturated heterocycles. The van der Waals surface area contributed by atoms with Gasteiger partial charge in [0, 0.05) is 18.3 Å². The number of anilines is 2. The Bertz CT molecular complexity index is 1040. The second kappa shape index (κ2) is 7.56. The van der Waals surface area contributed by atoms with E-state index in [0.29, 0.717) is 29.6 Å². The number of benzene rings is 2. The lowest BCUT2D eigenvalue weighted by atomic mass is 10.1. The van der Waals surface area contributed by atoms with Crippen LogP contribution in [0.1, 0.15) is 27.2 Å². The molecule has 3 aromatic rings. The van der Waals surface area contributed by atoms with E-state index in [1.165, 1.54) is 17.5 Å². The standard InChI is InChI=1S/C21H20N4O3/c1-13-3-5-16(7-14(13)2)25-20-9-17(23-11-24-20)21(26)22-10-15-4-6-18-19(8-15)28-12-27-18/h3-9,11H,10,12H2,1-2H3,(H,22,26)(H,23,24,25). The molecule has 0 atom stereocenters. The van der Waals surface area contributed by atoms with Crippen molar-refractivity contribution in [2.75, 3.05) is 12.1 Å². The van der Waals surface area contributed by atoms with Gasteiger partial charge < -0.3 is 20.1 Å². The fraction of sp³-hybridized carbons (Fsp3) is 0.190. The van der Waals surface area contributed by atoms with E-state index in [9.17, 15) is 4.79 Å². The number of hydrogen-bond acceptors (Lipinski definition) is 6. The Labute approximate surface area is 162 Å². The predicted octanol–water partition coefficient (Wildman–Crippen LogP) is 3.50. The third-order valence-electron chi connectivity index (χ3n) is 4.57. The van der Waals surface area contributed by atoms with Crippen molar-refractivity contribution in [2.24, 2.45) is 0 Å². The molecule has 0 unspecified atom stereocenters. The highest BCUT2D eigenvalue weighted by molar-refractivity contribution is 5.92. The van der Waals surface area contributed by atoms with Gasteiger partial charge in [0.15, 0.2) is 11.5 Å². The number of ether oxygens (including phenoxy) is 2. The van der Waals surface area contributed by atoms with E-state index in [4.69, 9.17) is 9.47 Å². The average molecular weight is 376 g/mol. The molecule has 2 aromatic carbocycles. The molecule has 142 valence electrons. The van der Waals surface area contributed by atoms with E-state index in [1.807, 2.05) is 36.4 Å². The van der Waals surface area contributed by atoms with Gasteiger partial charge in [-0.3, -0.25) is 4.79 Å². The number of nitrogens with zero attached hydrogens (tertiary/aromatic N) is 2. The second-order valence-corrected chi connectivity index (χ2v) is 6.58. The van der Waals surface area contributed by atoms with Gasteiger partial charge in [-0.2, -0.15) is 0 Å². The van der Waals surface area contributed by atoms with Gasteiger partial charge in [-0.1, -0.05) is 12.1 Å². The van der Waals surface area contributed by atoms with Crippen molar-refractivity contribution < 1.29 is 14.3 Å². The zero-order valence-electron chi connectivity index (χ0n) is 15.7. The highest BCUT2D eigenvalue weighted by Gasteiger charge is 2.14. The molecule has 1 aromatic heterocycles. The van der Waals surface area contributed by atoms with E-state index in [1.54, 1.807) is 6.07 Å². The van der Waals surface area contributed by atoms with Crippen LogP contribution in [0.3, 0.4) is 0 Å². The fourth-order valence-electron chi connectivity index (χ4n) is 2.84. The molecule has 0 radical (unpaired) electrons. The minimum Gasteiger partial charge on any atom is -0.454 e. The van der Waals surface area contributed by atoms with Crippen LogP contribution in [0.5, 0.6) is 11.5 Å². The number of amides is 1. The first-order valence-electron chi connectivity index (χ1n) is 8.91. The molecule has 7 nitrogen and oxygen atoms in total. The molecule has 7 heteroatoms. The number of hydrogen-bond donors (Lipinski definition) is 2. The van der Waals surface area contributed by atoms with E-state index >= 15 is 0 Å². The van der Waals surface area contributed by atoms with Gasteiger partial charge in [-0.25, -0.2) is 9.97 Å². The van der Waals surface area contributed by atoms with Crippen LogP contribution in [0.2, 0.25) is 0 Å². The SMILES string of the molecule is Cc1ccc(Nc2cc(C(=O)NCc3ccc4c(c3)OCO4)ncn2)cc1C. The smallest absolute Gasteiger partial charge is 0.270 e. The summed E-state index contributed by atoms with van der Waals surface area (Å²) < 4.78 is 10.6. The Morgan fingerprint density at radius 1 is 1.00 bits per heavy atom. The van der Waals surface area contributed by atoms with E-state index in [-0.39, 0.29) is 12.7 Å². The number of carbonyl (C=O) groups excluding carboxylic acids is 1. The van der Waals surface area contributed by atoms with Gasteiger partial charge >= 0.3 is 0 Å². The lowest BCUT2D eigenvalue weighted by Gasteiger charge is -2.09. The molecule has 2 N–H and O–H groups in total. The fourth-order valence-corrected chi connectivity index (χ4v) is 2.84. The molecule has 0 aliphatic carbocycles. The Balaban J connectivity index is 1.41. The van der Waals surface area contributed by atoms with Crippen LogP contribution in [-0.4, -0.2) is 22.7 Å². The van der Waals surface area contributed by atoms with Gasteiger partial charge in [0.1, 0.15) is 17.8 Å². The molecule has 1 aliphatic rings. The van der Waals surface area contributed by atoms with Crippen molar-refractivity contribution in [3.63, 3.8) is 0 Å². The molecule has 4 rings (SSSR count). The maximum atomic E-state index is 12.5. The van der Waals surface area contributed by atoms with E-state index < -0.39 is 0 Å². The lowest BCUT2D eigenvalue weighted by molar-refractivity contribution is 0.0945. The van der Waals surface area contributed by atoms with Gasteiger partial charge in [0.05, 0.1) is 0 Å². The zero-order chi connectivity index (χ0) is 19.5. The summed E-state index contributed by atoms with van der Waals surface area (Å²) in [7, 11) is 0. The third-order valence-corrected chi connectivity index (χ3v) is 4.57. The van der Waals surface area contributed by atoms with Crippen molar-refractivity contribution in [2.45, 2.75) is 20.4 Å². The Kier molecular flexibility index (Phi) is 4.80. The molecule has 1 amide bonds. The summed E-state index contributed by atoms with van der Waals surface area (Å²) in [6.07, 6.45) is 1.37. The number of nitrogens with one attached hydrogen (secondary N) is 2. The summed E-state index contributed by atoms with van der Waals surface area (Å²) in [6, 6.07) is 13.3.